The zero-order chi connectivity index (χ0) is 19.9. The van der Waals surface area contributed by atoms with Gasteiger partial charge in [0.15, 0.2) is 5.69 Å². The molecule has 2 aromatic rings. The highest BCUT2D eigenvalue weighted by Gasteiger charge is 2.22. The van der Waals surface area contributed by atoms with Gasteiger partial charge in [-0.25, -0.2) is 4.68 Å². The number of nitrogens with one attached hydrogen (secondary N) is 2. The molecule has 7 heteroatoms. The van der Waals surface area contributed by atoms with Crippen LogP contribution in [0.3, 0.4) is 0 Å². The number of benzene rings is 1. The van der Waals surface area contributed by atoms with Gasteiger partial charge in [0.1, 0.15) is 0 Å². The molecule has 1 amide bonds. The number of nitrogens with zero attached hydrogens (tertiary/aromatic N) is 4. The van der Waals surface area contributed by atoms with Gasteiger partial charge in [-0.2, -0.15) is 0 Å². The summed E-state index contributed by atoms with van der Waals surface area (Å²) in [6.45, 7) is 11.6. The Morgan fingerprint density at radius 1 is 1.21 bits per heavy atom. The van der Waals surface area contributed by atoms with Crippen molar-refractivity contribution in [1.29, 1.82) is 0 Å². The predicted octanol–water partition coefficient (Wildman–Crippen LogP) is 2.28. The maximum atomic E-state index is 12.7. The lowest BCUT2D eigenvalue weighted by Crippen LogP contribution is -2.30. The summed E-state index contributed by atoms with van der Waals surface area (Å²) in [7, 11) is 0. The number of carbonyl (C=O) groups excluding carboxylic acids is 1. The van der Waals surface area contributed by atoms with E-state index in [2.05, 4.69) is 57.9 Å². The molecule has 0 unspecified atom stereocenters. The summed E-state index contributed by atoms with van der Waals surface area (Å²) in [6.07, 6.45) is 2.04. The van der Waals surface area contributed by atoms with Gasteiger partial charge in [-0.15, -0.1) is 5.10 Å². The Balaban J connectivity index is 1.66. The van der Waals surface area contributed by atoms with E-state index in [4.69, 9.17) is 0 Å². The second-order valence-corrected chi connectivity index (χ2v) is 7.36. The minimum atomic E-state index is -0.157. The van der Waals surface area contributed by atoms with E-state index in [9.17, 15) is 4.79 Å². The van der Waals surface area contributed by atoms with Gasteiger partial charge in [-0.3, -0.25) is 9.69 Å². The van der Waals surface area contributed by atoms with Crippen molar-refractivity contribution < 1.29 is 4.79 Å². The first-order valence-corrected chi connectivity index (χ1v) is 10.3. The second kappa shape index (κ2) is 9.80. The summed E-state index contributed by atoms with van der Waals surface area (Å²) >= 11 is 0. The fraction of sp³-hybridized carbons (Fsp3) is 0.571. The highest BCUT2D eigenvalue weighted by molar-refractivity contribution is 5.93. The molecule has 0 aliphatic carbocycles. The molecular formula is C21H32N6O. The third-order valence-corrected chi connectivity index (χ3v) is 5.64. The van der Waals surface area contributed by atoms with Crippen molar-refractivity contribution in [2.75, 3.05) is 26.2 Å². The first-order valence-electron chi connectivity index (χ1n) is 10.3. The van der Waals surface area contributed by atoms with Gasteiger partial charge in [0.25, 0.3) is 5.91 Å². The molecule has 0 saturated carbocycles. The second-order valence-electron chi connectivity index (χ2n) is 7.36. The van der Waals surface area contributed by atoms with Crippen LogP contribution >= 0.6 is 0 Å². The minimum absolute atomic E-state index is 0.157. The number of aromatic nitrogens is 3. The van der Waals surface area contributed by atoms with Crippen molar-refractivity contribution in [1.82, 2.24) is 30.5 Å². The summed E-state index contributed by atoms with van der Waals surface area (Å²) in [6, 6.07) is 8.62. The standard InChI is InChI=1S/C21H32N6O/c1-4-26(5-2)15-18-9-7-6-8-17(18)14-23-21(28)20-16(3)27(25-24-20)19-10-12-22-13-11-19/h6-9,19,22H,4-5,10-15H2,1-3H3,(H,23,28). The molecule has 28 heavy (non-hydrogen) atoms. The fourth-order valence-electron chi connectivity index (χ4n) is 3.78. The molecule has 1 aliphatic rings. The smallest absolute Gasteiger partial charge is 0.274 e. The van der Waals surface area contributed by atoms with Crippen molar-refractivity contribution in [3.63, 3.8) is 0 Å². The molecule has 0 atom stereocenters. The molecule has 3 rings (SSSR count). The average Bonchev–Trinajstić information content (AvgIpc) is 3.13. The third-order valence-electron chi connectivity index (χ3n) is 5.64. The summed E-state index contributed by atoms with van der Waals surface area (Å²) in [5.74, 6) is -0.157. The van der Waals surface area contributed by atoms with Crippen LogP contribution in [0.2, 0.25) is 0 Å². The third kappa shape index (κ3) is 4.77. The molecule has 1 aliphatic heterocycles. The lowest BCUT2D eigenvalue weighted by Gasteiger charge is -2.23. The van der Waals surface area contributed by atoms with Gasteiger partial charge >= 0.3 is 0 Å². The van der Waals surface area contributed by atoms with E-state index in [1.807, 2.05) is 17.7 Å². The molecule has 1 fully saturated rings. The number of piperidine rings is 1. The summed E-state index contributed by atoms with van der Waals surface area (Å²) in [5, 5.41) is 14.8. The van der Waals surface area contributed by atoms with Gasteiger partial charge in [0.2, 0.25) is 0 Å². The highest BCUT2D eigenvalue weighted by atomic mass is 16.2. The molecule has 1 saturated heterocycles. The Kier molecular flexibility index (Phi) is 7.17. The zero-order valence-corrected chi connectivity index (χ0v) is 17.2. The average molecular weight is 385 g/mol. The quantitative estimate of drug-likeness (QED) is 0.730. The number of carbonyl (C=O) groups is 1. The maximum absolute atomic E-state index is 12.7. The lowest BCUT2D eigenvalue weighted by atomic mass is 10.1. The van der Waals surface area contributed by atoms with E-state index >= 15 is 0 Å². The Labute approximate surface area is 167 Å². The van der Waals surface area contributed by atoms with Crippen molar-refractivity contribution in [3.8, 4) is 0 Å². The largest absolute Gasteiger partial charge is 0.346 e. The number of amides is 1. The van der Waals surface area contributed by atoms with Crippen molar-refractivity contribution in [2.24, 2.45) is 0 Å². The first-order chi connectivity index (χ1) is 13.6. The summed E-state index contributed by atoms with van der Waals surface area (Å²) in [4.78, 5) is 15.1. The first kappa shape index (κ1) is 20.5. The molecular weight excluding hydrogens is 352 g/mol. The van der Waals surface area contributed by atoms with Crippen LogP contribution in [0.5, 0.6) is 0 Å². The number of hydrogen-bond donors (Lipinski definition) is 2. The van der Waals surface area contributed by atoms with Crippen LogP contribution in [0.1, 0.15) is 60.0 Å². The Hall–Kier alpha value is -2.25. The van der Waals surface area contributed by atoms with Gasteiger partial charge in [0.05, 0.1) is 11.7 Å². The van der Waals surface area contributed by atoms with Crippen molar-refractivity contribution >= 4 is 5.91 Å². The zero-order valence-electron chi connectivity index (χ0n) is 17.2. The Morgan fingerprint density at radius 3 is 2.57 bits per heavy atom. The van der Waals surface area contributed by atoms with E-state index in [1.165, 1.54) is 5.56 Å². The van der Waals surface area contributed by atoms with Gasteiger partial charge in [-0.1, -0.05) is 43.3 Å². The SMILES string of the molecule is CCN(CC)Cc1ccccc1CNC(=O)c1nnn(C2CCNCC2)c1C. The minimum Gasteiger partial charge on any atom is -0.346 e. The lowest BCUT2D eigenvalue weighted by molar-refractivity contribution is 0.0945. The monoisotopic (exact) mass is 384 g/mol. The topological polar surface area (TPSA) is 75.1 Å². The van der Waals surface area contributed by atoms with Crippen LogP contribution in [0.4, 0.5) is 0 Å². The molecule has 2 N–H and O–H groups in total. The normalized spacial score (nSPS) is 15.1. The van der Waals surface area contributed by atoms with Crippen LogP contribution in [0.25, 0.3) is 0 Å². The van der Waals surface area contributed by atoms with Gasteiger partial charge < -0.3 is 10.6 Å². The highest BCUT2D eigenvalue weighted by Crippen LogP contribution is 2.20. The summed E-state index contributed by atoms with van der Waals surface area (Å²) in [5.41, 5.74) is 3.67. The maximum Gasteiger partial charge on any atom is 0.274 e. The van der Waals surface area contributed by atoms with Crippen LogP contribution in [-0.2, 0) is 13.1 Å². The van der Waals surface area contributed by atoms with Crippen LogP contribution < -0.4 is 10.6 Å². The molecule has 0 radical (unpaired) electrons. The van der Waals surface area contributed by atoms with Gasteiger partial charge in [-0.05, 0) is 57.1 Å². The molecule has 0 spiro atoms. The molecule has 152 valence electrons. The van der Waals surface area contributed by atoms with E-state index < -0.39 is 0 Å². The fourth-order valence-corrected chi connectivity index (χ4v) is 3.78. The van der Waals surface area contributed by atoms with Crippen LogP contribution in [0.15, 0.2) is 24.3 Å². The molecule has 7 nitrogen and oxygen atoms in total. The predicted molar refractivity (Wildman–Crippen MR) is 110 cm³/mol. The van der Waals surface area contributed by atoms with Crippen molar-refractivity contribution in [2.45, 2.75) is 52.7 Å². The number of rotatable bonds is 8. The number of hydrogen-bond acceptors (Lipinski definition) is 5. The van der Waals surface area contributed by atoms with E-state index in [0.29, 0.717) is 18.3 Å². The van der Waals surface area contributed by atoms with Crippen molar-refractivity contribution in [3.05, 3.63) is 46.8 Å². The summed E-state index contributed by atoms with van der Waals surface area (Å²) < 4.78 is 1.92. The van der Waals surface area contributed by atoms with E-state index in [-0.39, 0.29) is 5.91 Å². The molecule has 0 bridgehead atoms. The van der Waals surface area contributed by atoms with Gasteiger partial charge in [0, 0.05) is 13.1 Å². The Bertz CT molecular complexity index is 777. The molecule has 2 heterocycles. The molecule has 1 aromatic carbocycles. The van der Waals surface area contributed by atoms with Crippen LogP contribution in [0, 0.1) is 6.92 Å². The van der Waals surface area contributed by atoms with E-state index in [0.717, 1.165) is 56.8 Å². The molecule has 1 aromatic heterocycles. The van der Waals surface area contributed by atoms with Crippen LogP contribution in [-0.4, -0.2) is 52.0 Å². The van der Waals surface area contributed by atoms with E-state index in [1.54, 1.807) is 0 Å². The Morgan fingerprint density at radius 2 is 1.89 bits per heavy atom.